The minimum atomic E-state index is -4.64. The first-order chi connectivity index (χ1) is 27.7. The molecule has 326 valence electrons. The summed E-state index contributed by atoms with van der Waals surface area (Å²) in [5.74, 6) is -0.989. The maximum absolute atomic E-state index is 12.6. The molecule has 3 unspecified atom stereocenters. The summed E-state index contributed by atoms with van der Waals surface area (Å²) >= 11 is 0. The summed E-state index contributed by atoms with van der Waals surface area (Å²) in [5.41, 5.74) is 0. The molecule has 3 atom stereocenters. The van der Waals surface area contributed by atoms with Crippen LogP contribution in [0.15, 0.2) is 85.1 Å². The van der Waals surface area contributed by atoms with Crippen LogP contribution in [0.2, 0.25) is 0 Å². The van der Waals surface area contributed by atoms with Crippen molar-refractivity contribution in [3.05, 3.63) is 85.1 Å². The van der Waals surface area contributed by atoms with Gasteiger partial charge >= 0.3 is 19.8 Å². The number of phosphoric acid groups is 1. The van der Waals surface area contributed by atoms with E-state index in [0.29, 0.717) is 12.8 Å². The number of unbranched alkanes of at least 4 members (excludes halogenated alkanes) is 11. The van der Waals surface area contributed by atoms with Gasteiger partial charge in [0.15, 0.2) is 6.10 Å². The van der Waals surface area contributed by atoms with Crippen LogP contribution in [0.5, 0.6) is 0 Å². The van der Waals surface area contributed by atoms with Crippen molar-refractivity contribution < 1.29 is 47.8 Å². The molecular weight excluding hydrogens is 743 g/mol. The number of esters is 2. The van der Waals surface area contributed by atoms with Crippen LogP contribution >= 0.6 is 7.82 Å². The number of phosphoric ester groups is 1. The summed E-state index contributed by atoms with van der Waals surface area (Å²) in [5, 5.41) is 18.3. The number of carbonyl (C=O) groups is 2. The molecule has 0 spiro atoms. The van der Waals surface area contributed by atoms with Gasteiger partial charge in [-0.1, -0.05) is 137 Å². The molecule has 0 amide bonds. The van der Waals surface area contributed by atoms with Crippen molar-refractivity contribution >= 4 is 19.8 Å². The average molecular weight is 821 g/mol. The third-order valence-electron chi connectivity index (χ3n) is 8.53. The monoisotopic (exact) mass is 821 g/mol. The van der Waals surface area contributed by atoms with Gasteiger partial charge in [0, 0.05) is 12.8 Å². The van der Waals surface area contributed by atoms with Crippen molar-refractivity contribution in [2.75, 3.05) is 26.4 Å². The van der Waals surface area contributed by atoms with Gasteiger partial charge < -0.3 is 24.6 Å². The number of aliphatic hydroxyl groups excluding tert-OH is 2. The number of hydrogen-bond donors (Lipinski definition) is 3. The minimum Gasteiger partial charge on any atom is -0.462 e. The average Bonchev–Trinajstić information content (AvgIpc) is 3.20. The van der Waals surface area contributed by atoms with E-state index in [9.17, 15) is 24.2 Å². The van der Waals surface area contributed by atoms with Gasteiger partial charge in [0.2, 0.25) is 0 Å². The highest BCUT2D eigenvalue weighted by Gasteiger charge is 2.27. The Hall–Kier alpha value is -2.85. The molecule has 57 heavy (non-hydrogen) atoms. The zero-order valence-electron chi connectivity index (χ0n) is 35.3. The quantitative estimate of drug-likeness (QED) is 0.0237. The standard InChI is InChI=1S/C46H77O10P/c1-3-5-7-9-11-13-15-17-19-20-21-22-24-26-28-30-32-34-36-38-46(50)56-44(42-55-57(51,52)54-40-43(48)39-47)41-53-45(49)37-35-33-31-29-27-25-23-18-16-14-12-10-8-6-4-2/h6,8,11-14,17-19,21-23,26,28,43-44,47-48H,3-5,7,9-10,15-16,20,24-25,27,29-42H2,1-2H3,(H,51,52). The van der Waals surface area contributed by atoms with Gasteiger partial charge in [-0.25, -0.2) is 4.57 Å². The summed E-state index contributed by atoms with van der Waals surface area (Å²) in [6.07, 6.45) is 48.3. The maximum Gasteiger partial charge on any atom is 0.472 e. The van der Waals surface area contributed by atoms with E-state index in [1.54, 1.807) is 0 Å². The fourth-order valence-electron chi connectivity index (χ4n) is 5.22. The summed E-state index contributed by atoms with van der Waals surface area (Å²) in [6, 6.07) is 0. The van der Waals surface area contributed by atoms with Crippen LogP contribution in [-0.2, 0) is 32.7 Å². The van der Waals surface area contributed by atoms with Crippen LogP contribution in [0, 0.1) is 0 Å². The molecule has 0 aromatic rings. The molecule has 0 bridgehead atoms. The van der Waals surface area contributed by atoms with Crippen LogP contribution < -0.4 is 0 Å². The highest BCUT2D eigenvalue weighted by atomic mass is 31.2. The number of aliphatic hydroxyl groups is 2. The van der Waals surface area contributed by atoms with Crippen molar-refractivity contribution in [3.8, 4) is 0 Å². The molecule has 0 heterocycles. The smallest absolute Gasteiger partial charge is 0.462 e. The molecule has 0 radical (unpaired) electrons. The number of carbonyl (C=O) groups excluding carboxylic acids is 2. The van der Waals surface area contributed by atoms with E-state index in [-0.39, 0.29) is 19.4 Å². The van der Waals surface area contributed by atoms with Crippen LogP contribution in [0.3, 0.4) is 0 Å². The van der Waals surface area contributed by atoms with Gasteiger partial charge in [-0.2, -0.15) is 0 Å². The molecule has 0 aliphatic heterocycles. The molecule has 0 aromatic heterocycles. The Morgan fingerprint density at radius 1 is 0.544 bits per heavy atom. The first kappa shape index (κ1) is 54.2. The molecule has 0 aliphatic rings. The normalized spacial score (nSPS) is 14.7. The van der Waals surface area contributed by atoms with E-state index in [0.717, 1.165) is 89.9 Å². The van der Waals surface area contributed by atoms with E-state index >= 15 is 0 Å². The van der Waals surface area contributed by atoms with E-state index in [4.69, 9.17) is 19.1 Å². The Morgan fingerprint density at radius 3 is 1.47 bits per heavy atom. The van der Waals surface area contributed by atoms with E-state index in [2.05, 4.69) is 103 Å². The Kier molecular flexibility index (Phi) is 39.2. The number of allylic oxidation sites excluding steroid dienone is 14. The predicted molar refractivity (Wildman–Crippen MR) is 233 cm³/mol. The minimum absolute atomic E-state index is 0.138. The van der Waals surface area contributed by atoms with Gasteiger partial charge in [-0.05, 0) is 89.9 Å². The first-order valence-corrected chi connectivity index (χ1v) is 23.0. The van der Waals surface area contributed by atoms with Crippen LogP contribution in [0.4, 0.5) is 0 Å². The SMILES string of the molecule is CCC=CCC=CCC=CCCCCCCCC(=O)OCC(COP(=O)(O)OCC(O)CO)OC(=O)CCCCCC=CCC=CCC=CCC=CCCCCC. The fourth-order valence-corrected chi connectivity index (χ4v) is 6.01. The van der Waals surface area contributed by atoms with Gasteiger partial charge in [-0.3, -0.25) is 18.6 Å². The van der Waals surface area contributed by atoms with Crippen molar-refractivity contribution in [1.29, 1.82) is 0 Å². The van der Waals surface area contributed by atoms with Gasteiger partial charge in [0.05, 0.1) is 19.8 Å². The lowest BCUT2D eigenvalue weighted by atomic mass is 10.1. The fraction of sp³-hybridized carbons (Fsp3) is 0.652. The van der Waals surface area contributed by atoms with Crippen molar-refractivity contribution in [2.45, 2.75) is 167 Å². The summed E-state index contributed by atoms with van der Waals surface area (Å²) in [4.78, 5) is 35.0. The van der Waals surface area contributed by atoms with Crippen LogP contribution in [-0.4, -0.2) is 65.7 Å². The van der Waals surface area contributed by atoms with Crippen LogP contribution in [0.1, 0.15) is 155 Å². The van der Waals surface area contributed by atoms with E-state index in [1.165, 1.54) is 25.7 Å². The highest BCUT2D eigenvalue weighted by molar-refractivity contribution is 7.47. The van der Waals surface area contributed by atoms with E-state index < -0.39 is 51.8 Å². The molecule has 0 rings (SSSR count). The summed E-state index contributed by atoms with van der Waals surface area (Å²) in [6.45, 7) is 2.16. The predicted octanol–water partition coefficient (Wildman–Crippen LogP) is 11.4. The third kappa shape index (κ3) is 41.1. The van der Waals surface area contributed by atoms with Crippen molar-refractivity contribution in [3.63, 3.8) is 0 Å². The molecule has 0 aliphatic carbocycles. The Bertz CT molecular complexity index is 1220. The van der Waals surface area contributed by atoms with Gasteiger partial charge in [0.1, 0.15) is 12.7 Å². The molecule has 0 saturated carbocycles. The molecule has 0 saturated heterocycles. The lowest BCUT2D eigenvalue weighted by Crippen LogP contribution is -2.29. The van der Waals surface area contributed by atoms with Crippen molar-refractivity contribution in [2.24, 2.45) is 0 Å². The lowest BCUT2D eigenvalue weighted by molar-refractivity contribution is -0.161. The zero-order valence-corrected chi connectivity index (χ0v) is 36.2. The molecule has 0 aromatic carbocycles. The molecular formula is C46H77O10P. The second-order valence-corrected chi connectivity index (χ2v) is 15.4. The van der Waals surface area contributed by atoms with Crippen LogP contribution in [0.25, 0.3) is 0 Å². The zero-order chi connectivity index (χ0) is 41.9. The molecule has 0 fully saturated rings. The summed E-state index contributed by atoms with van der Waals surface area (Å²) < 4.78 is 32.7. The molecule has 10 nitrogen and oxygen atoms in total. The van der Waals surface area contributed by atoms with Gasteiger partial charge in [-0.15, -0.1) is 0 Å². The summed E-state index contributed by atoms with van der Waals surface area (Å²) in [7, 11) is -4.64. The second-order valence-electron chi connectivity index (χ2n) is 14.0. The largest absolute Gasteiger partial charge is 0.472 e. The number of ether oxygens (including phenoxy) is 2. The Labute approximate surface area is 345 Å². The Balaban J connectivity index is 4.41. The van der Waals surface area contributed by atoms with Gasteiger partial charge in [0.25, 0.3) is 0 Å². The highest BCUT2D eigenvalue weighted by Crippen LogP contribution is 2.43. The number of hydrogen-bond acceptors (Lipinski definition) is 9. The number of rotatable bonds is 39. The topological polar surface area (TPSA) is 149 Å². The third-order valence-corrected chi connectivity index (χ3v) is 9.48. The first-order valence-electron chi connectivity index (χ1n) is 21.5. The molecule has 11 heteroatoms. The van der Waals surface area contributed by atoms with Crippen molar-refractivity contribution in [1.82, 2.24) is 0 Å². The van der Waals surface area contributed by atoms with E-state index in [1.807, 2.05) is 0 Å². The lowest BCUT2D eigenvalue weighted by Gasteiger charge is -2.20. The second kappa shape index (κ2) is 41.3. The maximum atomic E-state index is 12.6. The molecule has 3 N–H and O–H groups in total. The Morgan fingerprint density at radius 2 is 0.965 bits per heavy atom.